The lowest BCUT2D eigenvalue weighted by Gasteiger charge is -2.19. The predicted octanol–water partition coefficient (Wildman–Crippen LogP) is 5.17. The Labute approximate surface area is 120 Å². The molecule has 104 valence electrons. The molecule has 0 fully saturated rings. The molecule has 0 heterocycles. The molecule has 2 heteroatoms. The minimum Gasteiger partial charge on any atom is -0.145 e. The van der Waals surface area contributed by atoms with Gasteiger partial charge < -0.3 is 0 Å². The van der Waals surface area contributed by atoms with Gasteiger partial charge in [-0.25, -0.2) is 0 Å². The summed E-state index contributed by atoms with van der Waals surface area (Å²) in [5, 5.41) is 2.97. The summed E-state index contributed by atoms with van der Waals surface area (Å²) in [4.78, 5) is 10.5. The van der Waals surface area contributed by atoms with E-state index < -0.39 is 0 Å². The van der Waals surface area contributed by atoms with Gasteiger partial charge in [-0.1, -0.05) is 57.2 Å². The van der Waals surface area contributed by atoms with Gasteiger partial charge in [0, 0.05) is 0 Å². The molecule has 2 aromatic rings. The third-order valence-corrected chi connectivity index (χ3v) is 3.54. The van der Waals surface area contributed by atoms with Crippen molar-refractivity contribution in [1.82, 2.24) is 0 Å². The number of nitroso groups, excluding NO2 is 1. The first-order chi connectivity index (χ1) is 9.49. The summed E-state index contributed by atoms with van der Waals surface area (Å²) in [6.07, 6.45) is 1.91. The average molecular weight is 267 g/mol. The molecular weight excluding hydrogens is 246 g/mol. The molecule has 0 aliphatic carbocycles. The van der Waals surface area contributed by atoms with Gasteiger partial charge in [-0.2, -0.15) is 0 Å². The van der Waals surface area contributed by atoms with Crippen LogP contribution in [-0.2, 0) is 18.3 Å². The van der Waals surface area contributed by atoms with E-state index in [1.165, 1.54) is 11.1 Å². The van der Waals surface area contributed by atoms with E-state index in [4.69, 9.17) is 0 Å². The zero-order chi connectivity index (χ0) is 14.6. The van der Waals surface area contributed by atoms with Crippen LogP contribution in [0, 0.1) is 4.91 Å². The number of rotatable bonds is 4. The Morgan fingerprint density at radius 3 is 2.15 bits per heavy atom. The highest BCUT2D eigenvalue weighted by Gasteiger charge is 2.12. The van der Waals surface area contributed by atoms with Crippen LogP contribution in [-0.4, -0.2) is 0 Å². The Balaban J connectivity index is 2.02. The van der Waals surface area contributed by atoms with Crippen molar-refractivity contribution in [2.75, 3.05) is 0 Å². The van der Waals surface area contributed by atoms with Crippen molar-refractivity contribution in [3.63, 3.8) is 0 Å². The van der Waals surface area contributed by atoms with Gasteiger partial charge in [0.2, 0.25) is 0 Å². The summed E-state index contributed by atoms with van der Waals surface area (Å²) in [6.45, 7) is 6.67. The molecular formula is C18H21NO. The van der Waals surface area contributed by atoms with Crippen molar-refractivity contribution in [3.8, 4) is 0 Å². The fraction of sp³-hybridized carbons (Fsp3) is 0.333. The first-order valence-electron chi connectivity index (χ1n) is 7.01. The molecule has 20 heavy (non-hydrogen) atoms. The number of aryl methyl sites for hydroxylation is 2. The van der Waals surface area contributed by atoms with E-state index in [-0.39, 0.29) is 5.41 Å². The molecule has 0 saturated heterocycles. The third kappa shape index (κ3) is 3.77. The van der Waals surface area contributed by atoms with Crippen LogP contribution in [0.5, 0.6) is 0 Å². The Morgan fingerprint density at radius 1 is 0.900 bits per heavy atom. The molecule has 0 saturated carbocycles. The molecule has 0 aliphatic heterocycles. The summed E-state index contributed by atoms with van der Waals surface area (Å²) in [5.41, 5.74) is 4.53. The van der Waals surface area contributed by atoms with Crippen LogP contribution in [0.3, 0.4) is 0 Å². The SMILES string of the molecule is CC(C)(C)c1ccc(CCc2cccc(N=O)c2)cc1. The molecule has 0 N–H and O–H groups in total. The van der Waals surface area contributed by atoms with E-state index in [0.29, 0.717) is 5.69 Å². The number of hydrogen-bond acceptors (Lipinski definition) is 2. The molecule has 0 amide bonds. The summed E-state index contributed by atoms with van der Waals surface area (Å²) in [7, 11) is 0. The summed E-state index contributed by atoms with van der Waals surface area (Å²) in [5.74, 6) is 0. The van der Waals surface area contributed by atoms with Gasteiger partial charge in [0.1, 0.15) is 5.69 Å². The zero-order valence-corrected chi connectivity index (χ0v) is 12.4. The maximum absolute atomic E-state index is 10.5. The quantitative estimate of drug-likeness (QED) is 0.703. The van der Waals surface area contributed by atoms with Gasteiger partial charge >= 0.3 is 0 Å². The molecule has 0 bridgehead atoms. The normalized spacial score (nSPS) is 11.3. The third-order valence-electron chi connectivity index (χ3n) is 3.54. The first kappa shape index (κ1) is 14.4. The largest absolute Gasteiger partial charge is 0.145 e. The Kier molecular flexibility index (Phi) is 4.33. The second kappa shape index (κ2) is 6.00. The lowest BCUT2D eigenvalue weighted by atomic mass is 9.86. The van der Waals surface area contributed by atoms with Crippen LogP contribution in [0.1, 0.15) is 37.5 Å². The van der Waals surface area contributed by atoms with E-state index in [0.717, 1.165) is 18.4 Å². The highest BCUT2D eigenvalue weighted by atomic mass is 16.3. The zero-order valence-electron chi connectivity index (χ0n) is 12.4. The van der Waals surface area contributed by atoms with Crippen LogP contribution in [0.2, 0.25) is 0 Å². The van der Waals surface area contributed by atoms with E-state index in [1.807, 2.05) is 18.2 Å². The van der Waals surface area contributed by atoms with Crippen molar-refractivity contribution in [3.05, 3.63) is 70.1 Å². The van der Waals surface area contributed by atoms with Crippen LogP contribution in [0.4, 0.5) is 5.69 Å². The molecule has 0 aromatic heterocycles. The van der Waals surface area contributed by atoms with Crippen LogP contribution >= 0.6 is 0 Å². The van der Waals surface area contributed by atoms with Crippen molar-refractivity contribution in [1.29, 1.82) is 0 Å². The smallest absolute Gasteiger partial charge is 0.108 e. The topological polar surface area (TPSA) is 29.4 Å². The lowest BCUT2D eigenvalue weighted by molar-refractivity contribution is 0.590. The monoisotopic (exact) mass is 267 g/mol. The molecule has 2 nitrogen and oxygen atoms in total. The first-order valence-corrected chi connectivity index (χ1v) is 7.01. The average Bonchev–Trinajstić information content (AvgIpc) is 2.45. The minimum atomic E-state index is 0.197. The van der Waals surface area contributed by atoms with Crippen LogP contribution < -0.4 is 0 Å². The molecule has 2 aromatic carbocycles. The summed E-state index contributed by atoms with van der Waals surface area (Å²) >= 11 is 0. The van der Waals surface area contributed by atoms with E-state index in [9.17, 15) is 4.91 Å². The highest BCUT2D eigenvalue weighted by Crippen LogP contribution is 2.22. The fourth-order valence-corrected chi connectivity index (χ4v) is 2.23. The molecule has 0 spiro atoms. The number of benzene rings is 2. The predicted molar refractivity (Wildman–Crippen MR) is 84.4 cm³/mol. The molecule has 0 aliphatic rings. The number of hydrogen-bond donors (Lipinski definition) is 0. The van der Waals surface area contributed by atoms with Crippen molar-refractivity contribution < 1.29 is 0 Å². The number of nitrogens with zero attached hydrogens (tertiary/aromatic N) is 1. The fourth-order valence-electron chi connectivity index (χ4n) is 2.23. The minimum absolute atomic E-state index is 0.197. The molecule has 2 rings (SSSR count). The van der Waals surface area contributed by atoms with Gasteiger partial charge in [-0.15, -0.1) is 4.91 Å². The van der Waals surface area contributed by atoms with Gasteiger partial charge in [-0.3, -0.25) is 0 Å². The maximum Gasteiger partial charge on any atom is 0.108 e. The van der Waals surface area contributed by atoms with Gasteiger partial charge in [0.05, 0.1) is 0 Å². The maximum atomic E-state index is 10.5. The second-order valence-corrected chi connectivity index (χ2v) is 6.21. The van der Waals surface area contributed by atoms with E-state index in [2.05, 4.69) is 50.2 Å². The van der Waals surface area contributed by atoms with Crippen molar-refractivity contribution >= 4 is 5.69 Å². The van der Waals surface area contributed by atoms with Gasteiger partial charge in [-0.05, 0) is 52.3 Å². The standard InChI is InChI=1S/C18H21NO/c1-18(2,3)16-11-9-14(10-12-16)7-8-15-5-4-6-17(13-15)19-20/h4-6,9-13H,7-8H2,1-3H3. The summed E-state index contributed by atoms with van der Waals surface area (Å²) < 4.78 is 0. The highest BCUT2D eigenvalue weighted by molar-refractivity contribution is 5.40. The van der Waals surface area contributed by atoms with Crippen molar-refractivity contribution in [2.45, 2.75) is 39.0 Å². The van der Waals surface area contributed by atoms with Crippen molar-refractivity contribution in [2.24, 2.45) is 5.18 Å². The Hall–Kier alpha value is -1.96. The van der Waals surface area contributed by atoms with Crippen LogP contribution in [0.15, 0.2) is 53.7 Å². The van der Waals surface area contributed by atoms with Crippen LogP contribution in [0.25, 0.3) is 0 Å². The molecule has 0 unspecified atom stereocenters. The Bertz CT molecular complexity index is 579. The lowest BCUT2D eigenvalue weighted by Crippen LogP contribution is -2.10. The second-order valence-electron chi connectivity index (χ2n) is 6.21. The van der Waals surface area contributed by atoms with E-state index >= 15 is 0 Å². The molecule has 0 radical (unpaired) electrons. The van der Waals surface area contributed by atoms with E-state index in [1.54, 1.807) is 6.07 Å². The Morgan fingerprint density at radius 2 is 1.55 bits per heavy atom. The van der Waals surface area contributed by atoms with Gasteiger partial charge in [0.25, 0.3) is 0 Å². The summed E-state index contributed by atoms with van der Waals surface area (Å²) in [6, 6.07) is 16.3. The van der Waals surface area contributed by atoms with Gasteiger partial charge in [0.15, 0.2) is 0 Å². The molecule has 0 atom stereocenters.